The van der Waals surface area contributed by atoms with Gasteiger partial charge in [0.15, 0.2) is 0 Å². The third kappa shape index (κ3) is 5.55. The molecule has 0 spiro atoms. The van der Waals surface area contributed by atoms with E-state index < -0.39 is 0 Å². The SMILES string of the molecule is C=CC.Cc1cccc(-c2cccc(CNC(=O)C34CCCC3C3CCC5C(C)(CCC6C(C)(C)CCCC65C)C3CC4)c2)c1. The molecule has 8 unspecified atom stereocenters. The van der Waals surface area contributed by atoms with E-state index in [0.717, 1.165) is 36.5 Å². The van der Waals surface area contributed by atoms with E-state index in [1.54, 1.807) is 6.08 Å². The largest absolute Gasteiger partial charge is 0.352 e. The Morgan fingerprint density at radius 2 is 1.53 bits per heavy atom. The summed E-state index contributed by atoms with van der Waals surface area (Å²) in [6, 6.07) is 17.5. The van der Waals surface area contributed by atoms with E-state index in [9.17, 15) is 4.79 Å². The number of amides is 1. The minimum absolute atomic E-state index is 0.132. The molecule has 0 aliphatic heterocycles. The van der Waals surface area contributed by atoms with E-state index in [0.29, 0.717) is 34.6 Å². The predicted molar refractivity (Wildman–Crippen MR) is 190 cm³/mol. The number of carbonyl (C=O) groups excluding carboxylic acids is 1. The van der Waals surface area contributed by atoms with Crippen molar-refractivity contribution in [1.29, 1.82) is 0 Å². The number of allylic oxidation sites excluding steroid dienone is 1. The van der Waals surface area contributed by atoms with Crippen LogP contribution in [-0.4, -0.2) is 5.91 Å². The van der Waals surface area contributed by atoms with Crippen LogP contribution in [0.1, 0.15) is 123 Å². The normalized spacial score (nSPS) is 37.9. The van der Waals surface area contributed by atoms with Crippen LogP contribution in [0.5, 0.6) is 0 Å². The summed E-state index contributed by atoms with van der Waals surface area (Å²) in [6.45, 7) is 18.6. The van der Waals surface area contributed by atoms with Crippen molar-refractivity contribution in [2.24, 2.45) is 51.2 Å². The summed E-state index contributed by atoms with van der Waals surface area (Å²) in [7, 11) is 0. The molecule has 2 nitrogen and oxygen atoms in total. The number of rotatable bonds is 4. The highest BCUT2D eigenvalue weighted by atomic mass is 16.2. The Hall–Kier alpha value is -2.35. The van der Waals surface area contributed by atoms with E-state index in [2.05, 4.69) is 95.0 Å². The van der Waals surface area contributed by atoms with Crippen molar-refractivity contribution < 1.29 is 4.79 Å². The predicted octanol–water partition coefficient (Wildman–Crippen LogP) is 11.3. The smallest absolute Gasteiger partial charge is 0.226 e. The second kappa shape index (κ2) is 12.4. The highest BCUT2D eigenvalue weighted by Crippen LogP contribution is 2.73. The molecule has 8 atom stereocenters. The summed E-state index contributed by atoms with van der Waals surface area (Å²) in [5, 5.41) is 3.50. The van der Waals surface area contributed by atoms with Gasteiger partial charge < -0.3 is 5.32 Å². The lowest BCUT2D eigenvalue weighted by atomic mass is 9.36. The summed E-state index contributed by atoms with van der Waals surface area (Å²) in [5.74, 6) is 4.26. The lowest BCUT2D eigenvalue weighted by Gasteiger charge is -2.68. The Balaban J connectivity index is 0.00000115. The van der Waals surface area contributed by atoms with Gasteiger partial charge in [-0.25, -0.2) is 0 Å². The van der Waals surface area contributed by atoms with E-state index in [1.807, 2.05) is 6.92 Å². The first-order valence-corrected chi connectivity index (χ1v) is 18.5. The summed E-state index contributed by atoms with van der Waals surface area (Å²) in [6.07, 6.45) is 17.6. The molecule has 244 valence electrons. The number of fused-ring (bicyclic) bond motifs is 7. The molecule has 5 saturated carbocycles. The average molecular weight is 608 g/mol. The van der Waals surface area contributed by atoms with Crippen LogP contribution < -0.4 is 5.32 Å². The van der Waals surface area contributed by atoms with Gasteiger partial charge in [-0.15, -0.1) is 6.58 Å². The number of hydrogen-bond donors (Lipinski definition) is 1. The number of aryl methyl sites for hydroxylation is 1. The summed E-state index contributed by atoms with van der Waals surface area (Å²) in [5.41, 5.74) is 6.30. The molecule has 45 heavy (non-hydrogen) atoms. The van der Waals surface area contributed by atoms with Gasteiger partial charge in [-0.3, -0.25) is 4.79 Å². The Kier molecular flexibility index (Phi) is 8.94. The first kappa shape index (κ1) is 32.6. The summed E-state index contributed by atoms with van der Waals surface area (Å²) < 4.78 is 0. The Labute approximate surface area is 275 Å². The molecule has 0 bridgehead atoms. The van der Waals surface area contributed by atoms with Crippen molar-refractivity contribution in [3.63, 3.8) is 0 Å². The number of carbonyl (C=O) groups is 1. The zero-order valence-corrected chi connectivity index (χ0v) is 29.4. The van der Waals surface area contributed by atoms with Crippen molar-refractivity contribution in [2.75, 3.05) is 0 Å². The van der Waals surface area contributed by atoms with Crippen molar-refractivity contribution in [2.45, 2.75) is 125 Å². The number of hydrogen-bond acceptors (Lipinski definition) is 1. The van der Waals surface area contributed by atoms with Gasteiger partial charge >= 0.3 is 0 Å². The Morgan fingerprint density at radius 1 is 0.800 bits per heavy atom. The van der Waals surface area contributed by atoms with E-state index in [-0.39, 0.29) is 5.41 Å². The zero-order valence-electron chi connectivity index (χ0n) is 29.4. The molecule has 0 radical (unpaired) electrons. The maximum atomic E-state index is 14.2. The number of nitrogens with one attached hydrogen (secondary N) is 1. The van der Waals surface area contributed by atoms with Gasteiger partial charge in [0.2, 0.25) is 5.91 Å². The molecule has 2 aromatic rings. The first-order chi connectivity index (χ1) is 21.5. The molecule has 5 fully saturated rings. The lowest BCUT2D eigenvalue weighted by molar-refractivity contribution is -0.196. The zero-order chi connectivity index (χ0) is 32.0. The second-order valence-electron chi connectivity index (χ2n) is 17.2. The average Bonchev–Trinajstić information content (AvgIpc) is 3.46. The van der Waals surface area contributed by atoms with E-state index >= 15 is 0 Å². The molecule has 7 rings (SSSR count). The minimum atomic E-state index is -0.132. The van der Waals surface area contributed by atoms with Gasteiger partial charge in [0.25, 0.3) is 0 Å². The third-order valence-electron chi connectivity index (χ3n) is 14.4. The van der Waals surface area contributed by atoms with Gasteiger partial charge in [0.05, 0.1) is 5.41 Å². The Bertz CT molecular complexity index is 1390. The van der Waals surface area contributed by atoms with E-state index in [1.165, 1.54) is 86.5 Å². The van der Waals surface area contributed by atoms with Crippen molar-refractivity contribution in [3.8, 4) is 11.1 Å². The topological polar surface area (TPSA) is 29.1 Å². The standard InChI is InChI=1S/C40H55NO.C3H6/c1-27-10-6-12-29(24-27)30-13-7-11-28(25-30)26-41-36(42)40-21-8-14-33(40)31-15-16-35-38(4,32(31)17-23-40)22-18-34-37(2,3)19-9-20-39(34,35)5;1-3-2/h6-7,10-13,24-25,31-35H,8-9,14-23,26H2,1-5H3,(H,41,42);3H,1H2,2H3. The highest BCUT2D eigenvalue weighted by molar-refractivity contribution is 5.83. The molecule has 5 aliphatic rings. The summed E-state index contributed by atoms with van der Waals surface area (Å²) >= 11 is 0. The third-order valence-corrected chi connectivity index (χ3v) is 14.4. The molecule has 1 N–H and O–H groups in total. The molecular weight excluding hydrogens is 546 g/mol. The Morgan fingerprint density at radius 3 is 2.29 bits per heavy atom. The van der Waals surface area contributed by atoms with Crippen LogP contribution in [0.25, 0.3) is 11.1 Å². The first-order valence-electron chi connectivity index (χ1n) is 18.5. The van der Waals surface area contributed by atoms with Crippen molar-refractivity contribution >= 4 is 5.91 Å². The van der Waals surface area contributed by atoms with Crippen LogP contribution in [0.15, 0.2) is 61.2 Å². The molecule has 5 aliphatic carbocycles. The van der Waals surface area contributed by atoms with Crippen LogP contribution >= 0.6 is 0 Å². The van der Waals surface area contributed by atoms with Gasteiger partial charge in [-0.1, -0.05) is 94.6 Å². The lowest BCUT2D eigenvalue weighted by Crippen LogP contribution is -2.62. The van der Waals surface area contributed by atoms with Crippen LogP contribution in [0.2, 0.25) is 0 Å². The molecule has 0 aromatic heterocycles. The molecular formula is C43H61NO. The molecule has 0 saturated heterocycles. The van der Waals surface area contributed by atoms with Crippen LogP contribution in [-0.2, 0) is 11.3 Å². The highest BCUT2D eigenvalue weighted by Gasteiger charge is 2.66. The van der Waals surface area contributed by atoms with Gasteiger partial charge in [-0.2, -0.15) is 0 Å². The molecule has 2 aromatic carbocycles. The fourth-order valence-electron chi connectivity index (χ4n) is 12.8. The van der Waals surface area contributed by atoms with E-state index in [4.69, 9.17) is 0 Å². The fourth-order valence-corrected chi connectivity index (χ4v) is 12.8. The monoisotopic (exact) mass is 607 g/mol. The van der Waals surface area contributed by atoms with Crippen LogP contribution in [0, 0.1) is 58.2 Å². The van der Waals surface area contributed by atoms with Crippen molar-refractivity contribution in [1.82, 2.24) is 5.32 Å². The summed E-state index contributed by atoms with van der Waals surface area (Å²) in [4.78, 5) is 14.2. The minimum Gasteiger partial charge on any atom is -0.352 e. The van der Waals surface area contributed by atoms with Gasteiger partial charge in [0.1, 0.15) is 0 Å². The van der Waals surface area contributed by atoms with Gasteiger partial charge in [-0.05, 0) is 147 Å². The maximum Gasteiger partial charge on any atom is 0.226 e. The molecule has 2 heteroatoms. The van der Waals surface area contributed by atoms with Crippen LogP contribution in [0.4, 0.5) is 0 Å². The van der Waals surface area contributed by atoms with Crippen LogP contribution in [0.3, 0.4) is 0 Å². The number of benzene rings is 2. The molecule has 1 amide bonds. The fraction of sp³-hybridized carbons (Fsp3) is 0.651. The molecule has 0 heterocycles. The second-order valence-corrected chi connectivity index (χ2v) is 17.2. The quantitative estimate of drug-likeness (QED) is 0.344. The van der Waals surface area contributed by atoms with Gasteiger partial charge in [0, 0.05) is 6.54 Å². The maximum absolute atomic E-state index is 14.2. The van der Waals surface area contributed by atoms with Crippen molar-refractivity contribution in [3.05, 3.63) is 72.3 Å².